The zero-order valence-electron chi connectivity index (χ0n) is 15.9. The molecule has 0 atom stereocenters. The average Bonchev–Trinajstić information content (AvgIpc) is 3.33. The molecule has 1 aromatic carbocycles. The van der Waals surface area contributed by atoms with E-state index in [-0.39, 0.29) is 12.5 Å². The molecule has 2 heterocycles. The van der Waals surface area contributed by atoms with Gasteiger partial charge >= 0.3 is 6.18 Å². The Morgan fingerprint density at radius 2 is 2.10 bits per heavy atom. The summed E-state index contributed by atoms with van der Waals surface area (Å²) >= 11 is 0.978. The van der Waals surface area contributed by atoms with E-state index in [1.165, 1.54) is 0 Å². The molecule has 0 saturated carbocycles. The molecule has 1 amide bonds. The number of alkyl halides is 3. The first-order chi connectivity index (χ1) is 13.9. The van der Waals surface area contributed by atoms with Gasteiger partial charge in [0.25, 0.3) is 0 Å². The second-order valence-corrected chi connectivity index (χ2v) is 7.36. The molecule has 0 unspecified atom stereocenters. The predicted molar refractivity (Wildman–Crippen MR) is 107 cm³/mol. The first-order valence-corrected chi connectivity index (χ1v) is 10.2. The van der Waals surface area contributed by atoms with E-state index in [9.17, 15) is 18.0 Å². The van der Waals surface area contributed by atoms with E-state index in [0.717, 1.165) is 34.4 Å². The molecule has 0 bridgehead atoms. The minimum atomic E-state index is -4.42. The minimum Gasteiger partial charge on any atom is -0.357 e. The number of nitrogens with zero attached hydrogens (tertiary/aromatic N) is 3. The van der Waals surface area contributed by atoms with Gasteiger partial charge in [-0.05, 0) is 25.0 Å². The second kappa shape index (κ2) is 9.25. The largest absolute Gasteiger partial charge is 0.434 e. The lowest BCUT2D eigenvalue weighted by Gasteiger charge is -2.17. The van der Waals surface area contributed by atoms with Crippen molar-refractivity contribution in [1.29, 1.82) is 0 Å². The van der Waals surface area contributed by atoms with Crippen LogP contribution >= 0.6 is 11.3 Å². The Kier molecular flexibility index (Phi) is 6.73. The third-order valence-corrected chi connectivity index (χ3v) is 5.29. The number of thiazole rings is 1. The van der Waals surface area contributed by atoms with E-state index in [0.29, 0.717) is 37.0 Å². The highest BCUT2D eigenvalue weighted by atomic mass is 32.1. The Balaban J connectivity index is 1.53. The summed E-state index contributed by atoms with van der Waals surface area (Å²) in [7, 11) is 0. The molecule has 156 valence electrons. The van der Waals surface area contributed by atoms with Crippen LogP contribution in [0, 0.1) is 0 Å². The van der Waals surface area contributed by atoms with Crippen molar-refractivity contribution in [1.82, 2.24) is 15.6 Å². The number of guanidine groups is 1. The summed E-state index contributed by atoms with van der Waals surface area (Å²) in [5.74, 6) is 0.350. The molecule has 29 heavy (non-hydrogen) atoms. The van der Waals surface area contributed by atoms with Crippen molar-refractivity contribution in [3.63, 3.8) is 0 Å². The fourth-order valence-corrected chi connectivity index (χ4v) is 3.82. The van der Waals surface area contributed by atoms with Crippen LogP contribution in [-0.4, -0.2) is 43.0 Å². The van der Waals surface area contributed by atoms with Crippen molar-refractivity contribution >= 4 is 28.9 Å². The van der Waals surface area contributed by atoms with Crippen LogP contribution in [0.5, 0.6) is 0 Å². The van der Waals surface area contributed by atoms with Crippen molar-refractivity contribution in [3.05, 3.63) is 45.9 Å². The Morgan fingerprint density at radius 3 is 2.83 bits per heavy atom. The van der Waals surface area contributed by atoms with Gasteiger partial charge in [-0.2, -0.15) is 13.2 Å². The van der Waals surface area contributed by atoms with Gasteiger partial charge in [0.05, 0.1) is 5.01 Å². The average molecular weight is 425 g/mol. The van der Waals surface area contributed by atoms with Crippen LogP contribution in [0.3, 0.4) is 0 Å². The van der Waals surface area contributed by atoms with Crippen LogP contribution in [0.25, 0.3) is 0 Å². The maximum atomic E-state index is 12.6. The highest BCUT2D eigenvalue weighted by molar-refractivity contribution is 7.09. The minimum absolute atomic E-state index is 0.0147. The van der Waals surface area contributed by atoms with Gasteiger partial charge < -0.3 is 15.5 Å². The van der Waals surface area contributed by atoms with Crippen molar-refractivity contribution in [2.45, 2.75) is 25.9 Å². The van der Waals surface area contributed by atoms with E-state index in [1.54, 1.807) is 4.90 Å². The Morgan fingerprint density at radius 1 is 1.31 bits per heavy atom. The van der Waals surface area contributed by atoms with Gasteiger partial charge in [-0.1, -0.05) is 18.2 Å². The highest BCUT2D eigenvalue weighted by Gasteiger charge is 2.33. The molecule has 0 saturated heterocycles. The molecule has 1 aliphatic heterocycles. The molecule has 2 N–H and O–H groups in total. The standard InChI is InChI=1S/C19H22F3N5OS/c1-2-23-18(24-9-7-16-26-15(12-29-16)19(20,21)22)25-11-17(28)27-10-8-13-5-3-4-6-14(13)27/h3-6,12H,2,7-11H2,1H3,(H2,23,24,25). The molecule has 0 aliphatic carbocycles. The Bertz CT molecular complexity index is 881. The number of aromatic nitrogens is 1. The molecule has 1 aromatic heterocycles. The van der Waals surface area contributed by atoms with Gasteiger partial charge in [0.1, 0.15) is 6.54 Å². The summed E-state index contributed by atoms with van der Waals surface area (Å²) in [5, 5.41) is 7.48. The summed E-state index contributed by atoms with van der Waals surface area (Å²) in [4.78, 5) is 22.2. The van der Waals surface area contributed by atoms with Crippen molar-refractivity contribution in [2.75, 3.05) is 31.1 Å². The smallest absolute Gasteiger partial charge is 0.357 e. The number of hydrogen-bond acceptors (Lipinski definition) is 4. The van der Waals surface area contributed by atoms with Crippen LogP contribution < -0.4 is 15.5 Å². The van der Waals surface area contributed by atoms with E-state index in [4.69, 9.17) is 0 Å². The van der Waals surface area contributed by atoms with Crippen LogP contribution in [0.15, 0.2) is 34.6 Å². The number of nitrogens with one attached hydrogen (secondary N) is 2. The van der Waals surface area contributed by atoms with E-state index in [1.807, 2.05) is 31.2 Å². The Labute approximate surface area is 170 Å². The topological polar surface area (TPSA) is 69.6 Å². The number of carbonyl (C=O) groups is 1. The third kappa shape index (κ3) is 5.47. The summed E-state index contributed by atoms with van der Waals surface area (Å²) < 4.78 is 37.8. The van der Waals surface area contributed by atoms with Gasteiger partial charge in [0, 0.05) is 37.1 Å². The van der Waals surface area contributed by atoms with E-state index < -0.39 is 11.9 Å². The molecule has 0 radical (unpaired) electrons. The quantitative estimate of drug-likeness (QED) is 0.552. The van der Waals surface area contributed by atoms with Crippen LogP contribution in [-0.2, 0) is 23.8 Å². The van der Waals surface area contributed by atoms with Crippen molar-refractivity contribution in [3.8, 4) is 0 Å². The molecule has 2 aromatic rings. The lowest BCUT2D eigenvalue weighted by atomic mass is 10.2. The summed E-state index contributed by atoms with van der Waals surface area (Å²) in [6, 6.07) is 7.80. The Hall–Kier alpha value is -2.62. The highest BCUT2D eigenvalue weighted by Crippen LogP contribution is 2.30. The molecule has 0 spiro atoms. The van der Waals surface area contributed by atoms with Crippen molar-refractivity contribution < 1.29 is 18.0 Å². The zero-order chi connectivity index (χ0) is 20.9. The molecule has 10 heteroatoms. The number of carbonyl (C=O) groups excluding carboxylic acids is 1. The number of anilines is 1. The number of rotatable bonds is 6. The maximum Gasteiger partial charge on any atom is 0.434 e. The fourth-order valence-electron chi connectivity index (χ4n) is 3.01. The van der Waals surface area contributed by atoms with Gasteiger partial charge in [0.2, 0.25) is 5.91 Å². The van der Waals surface area contributed by atoms with Gasteiger partial charge in [-0.15, -0.1) is 11.3 Å². The number of benzene rings is 1. The monoisotopic (exact) mass is 425 g/mol. The fraction of sp³-hybridized carbons (Fsp3) is 0.421. The number of halogens is 3. The lowest BCUT2D eigenvalue weighted by molar-refractivity contribution is -0.140. The molecule has 0 fully saturated rings. The number of para-hydroxylation sites is 1. The first-order valence-electron chi connectivity index (χ1n) is 9.30. The summed E-state index contributed by atoms with van der Waals surface area (Å²) in [5.41, 5.74) is 1.21. The van der Waals surface area contributed by atoms with E-state index >= 15 is 0 Å². The number of fused-ring (bicyclic) bond motifs is 1. The SMILES string of the molecule is CCNC(=NCC(=O)N1CCc2ccccc21)NCCc1nc(C(F)(F)F)cs1. The summed E-state index contributed by atoms with van der Waals surface area (Å²) in [6.45, 7) is 3.48. The maximum absolute atomic E-state index is 12.6. The molecular weight excluding hydrogens is 403 g/mol. The number of hydrogen-bond donors (Lipinski definition) is 2. The number of aliphatic imine (C=N–C) groups is 1. The van der Waals surface area contributed by atoms with Crippen LogP contribution in [0.1, 0.15) is 23.2 Å². The normalized spacial score (nSPS) is 14.1. The number of amides is 1. The molecular formula is C19H22F3N5OS. The van der Waals surface area contributed by atoms with Crippen molar-refractivity contribution in [2.24, 2.45) is 4.99 Å². The summed E-state index contributed by atoms with van der Waals surface area (Å²) in [6.07, 6.45) is -3.26. The van der Waals surface area contributed by atoms with Gasteiger partial charge in [-0.25, -0.2) is 9.98 Å². The van der Waals surface area contributed by atoms with Gasteiger partial charge in [-0.3, -0.25) is 4.79 Å². The molecule has 1 aliphatic rings. The zero-order valence-corrected chi connectivity index (χ0v) is 16.7. The predicted octanol–water partition coefficient (Wildman–Crippen LogP) is 2.85. The lowest BCUT2D eigenvalue weighted by Crippen LogP contribution is -2.39. The second-order valence-electron chi connectivity index (χ2n) is 6.42. The third-order valence-electron chi connectivity index (χ3n) is 4.38. The van der Waals surface area contributed by atoms with Gasteiger partial charge in [0.15, 0.2) is 11.7 Å². The molecule has 3 rings (SSSR count). The first kappa shape index (κ1) is 21.1. The van der Waals surface area contributed by atoms with E-state index in [2.05, 4.69) is 20.6 Å². The van der Waals surface area contributed by atoms with Crippen LogP contribution in [0.4, 0.5) is 18.9 Å². The van der Waals surface area contributed by atoms with Crippen LogP contribution in [0.2, 0.25) is 0 Å². The molecule has 6 nitrogen and oxygen atoms in total.